The molecule has 1 N–H and O–H groups in total. The second kappa shape index (κ2) is 10.8. The number of hydrogen-bond acceptors (Lipinski definition) is 6. The van der Waals surface area contributed by atoms with Gasteiger partial charge in [0.05, 0.1) is 24.5 Å². The minimum atomic E-state index is -1.15. The van der Waals surface area contributed by atoms with Crippen LogP contribution in [0.2, 0.25) is 0 Å². The molecule has 3 aliphatic rings. The molecule has 8 nitrogen and oxygen atoms in total. The predicted octanol–water partition coefficient (Wildman–Crippen LogP) is 3.44. The highest BCUT2D eigenvalue weighted by Gasteiger charge is 2.77. The van der Waals surface area contributed by atoms with Crippen LogP contribution in [0.5, 0.6) is 0 Å². The molecular formula is C29H33BrN2O6. The fraction of sp³-hybridized carbons (Fsp3) is 0.483. The molecule has 6 atom stereocenters. The number of unbranched alkanes of at least 4 members (excludes halogenated alkanes) is 1. The molecular weight excluding hydrogens is 552 g/mol. The zero-order valence-electron chi connectivity index (χ0n) is 21.4. The van der Waals surface area contributed by atoms with Crippen molar-refractivity contribution in [3.63, 3.8) is 0 Å². The van der Waals surface area contributed by atoms with Gasteiger partial charge >= 0.3 is 5.97 Å². The molecule has 0 radical (unpaired) electrons. The first-order chi connectivity index (χ1) is 18.4. The Hall–Kier alpha value is -2.75. The van der Waals surface area contributed by atoms with Crippen molar-refractivity contribution in [3.05, 3.63) is 55.1 Å². The molecule has 3 unspecified atom stereocenters. The fourth-order valence-electron chi connectivity index (χ4n) is 6.50. The van der Waals surface area contributed by atoms with Gasteiger partial charge in [-0.15, -0.1) is 6.58 Å². The SMILES string of the molecule is C=CCN(C(=O)C1N(CCCCO)C(=O)[C@@H]2[C@@H](C(=O)OCC)[C@@H]3OC12CC3Br)c1ccc2ccccc2c1. The summed E-state index contributed by atoms with van der Waals surface area (Å²) in [5.74, 6) is -2.59. The number of hydrogen-bond donors (Lipinski definition) is 1. The highest BCUT2D eigenvalue weighted by atomic mass is 79.9. The molecule has 38 heavy (non-hydrogen) atoms. The Labute approximate surface area is 230 Å². The third kappa shape index (κ3) is 4.25. The number of rotatable bonds is 10. The number of nitrogens with zero attached hydrogens (tertiary/aromatic N) is 2. The van der Waals surface area contributed by atoms with Crippen LogP contribution in [0.1, 0.15) is 26.2 Å². The van der Waals surface area contributed by atoms with Crippen molar-refractivity contribution in [1.82, 2.24) is 4.90 Å². The summed E-state index contributed by atoms with van der Waals surface area (Å²) in [5.41, 5.74) is -0.457. The van der Waals surface area contributed by atoms with E-state index in [9.17, 15) is 19.5 Å². The zero-order chi connectivity index (χ0) is 27.0. The first-order valence-corrected chi connectivity index (χ1v) is 14.1. The number of halogens is 1. The van der Waals surface area contributed by atoms with Gasteiger partial charge in [0.1, 0.15) is 11.6 Å². The van der Waals surface area contributed by atoms with Crippen molar-refractivity contribution < 1.29 is 29.0 Å². The topological polar surface area (TPSA) is 96.4 Å². The van der Waals surface area contributed by atoms with E-state index in [2.05, 4.69) is 22.5 Å². The number of likely N-dealkylation sites (tertiary alicyclic amines) is 1. The molecule has 3 saturated heterocycles. The van der Waals surface area contributed by atoms with E-state index < -0.39 is 35.6 Å². The van der Waals surface area contributed by atoms with Crippen molar-refractivity contribution >= 4 is 50.2 Å². The molecule has 0 saturated carbocycles. The van der Waals surface area contributed by atoms with Gasteiger partial charge in [-0.2, -0.15) is 0 Å². The molecule has 0 aliphatic carbocycles. The molecule has 202 valence electrons. The van der Waals surface area contributed by atoms with Crippen molar-refractivity contribution in [2.24, 2.45) is 11.8 Å². The number of ether oxygens (including phenoxy) is 2. The van der Waals surface area contributed by atoms with Crippen molar-refractivity contribution in [1.29, 1.82) is 0 Å². The lowest BCUT2D eigenvalue weighted by Gasteiger charge is -2.37. The van der Waals surface area contributed by atoms with Crippen LogP contribution in [-0.2, 0) is 23.9 Å². The minimum Gasteiger partial charge on any atom is -0.466 e. The number of fused-ring (bicyclic) bond motifs is 2. The van der Waals surface area contributed by atoms with E-state index in [0.717, 1.165) is 10.8 Å². The van der Waals surface area contributed by atoms with Gasteiger partial charge in [-0.1, -0.05) is 52.3 Å². The summed E-state index contributed by atoms with van der Waals surface area (Å²) in [5, 5.41) is 11.4. The first-order valence-electron chi connectivity index (χ1n) is 13.2. The summed E-state index contributed by atoms with van der Waals surface area (Å²) in [4.78, 5) is 44.6. The minimum absolute atomic E-state index is 0.0115. The molecule has 1 spiro atoms. The number of carbonyl (C=O) groups is 3. The first kappa shape index (κ1) is 26.8. The molecule has 3 heterocycles. The van der Waals surface area contributed by atoms with E-state index in [1.165, 1.54) is 0 Å². The molecule has 9 heteroatoms. The Morgan fingerprint density at radius 3 is 2.74 bits per heavy atom. The molecule has 2 amide bonds. The van der Waals surface area contributed by atoms with Crippen LogP contribution in [0.3, 0.4) is 0 Å². The smallest absolute Gasteiger partial charge is 0.312 e. The predicted molar refractivity (Wildman–Crippen MR) is 147 cm³/mol. The summed E-state index contributed by atoms with van der Waals surface area (Å²) in [6.07, 6.45) is 2.56. The van der Waals surface area contributed by atoms with E-state index in [1.807, 2.05) is 42.5 Å². The zero-order valence-corrected chi connectivity index (χ0v) is 23.0. The lowest BCUT2D eigenvalue weighted by atomic mass is 9.70. The van der Waals surface area contributed by atoms with Gasteiger partial charge in [0, 0.05) is 30.2 Å². The number of alkyl halides is 1. The van der Waals surface area contributed by atoms with Gasteiger partial charge in [0.15, 0.2) is 0 Å². The van der Waals surface area contributed by atoms with Gasteiger partial charge in [-0.3, -0.25) is 14.4 Å². The summed E-state index contributed by atoms with van der Waals surface area (Å²) >= 11 is 3.67. The number of carbonyl (C=O) groups excluding carboxylic acids is 3. The number of anilines is 1. The summed E-state index contributed by atoms with van der Waals surface area (Å²) < 4.78 is 11.9. The third-order valence-electron chi connectivity index (χ3n) is 8.01. The molecule has 0 aromatic heterocycles. The second-order valence-corrected chi connectivity index (χ2v) is 11.3. The number of aliphatic hydroxyl groups is 1. The molecule has 2 aromatic rings. The van der Waals surface area contributed by atoms with Gasteiger partial charge in [0.2, 0.25) is 5.91 Å². The van der Waals surface area contributed by atoms with Crippen LogP contribution in [0.25, 0.3) is 10.8 Å². The number of esters is 1. The normalized spacial score (nSPS) is 29.5. The van der Waals surface area contributed by atoms with Gasteiger partial charge < -0.3 is 24.4 Å². The molecule has 5 rings (SSSR count). The molecule has 3 fully saturated rings. The maximum atomic E-state index is 14.5. The number of aliphatic hydroxyl groups excluding tert-OH is 1. The maximum Gasteiger partial charge on any atom is 0.312 e. The Morgan fingerprint density at radius 2 is 2.03 bits per heavy atom. The van der Waals surface area contributed by atoms with Crippen LogP contribution < -0.4 is 4.90 Å². The van der Waals surface area contributed by atoms with E-state index in [4.69, 9.17) is 9.47 Å². The van der Waals surface area contributed by atoms with Crippen LogP contribution in [0.4, 0.5) is 5.69 Å². The van der Waals surface area contributed by atoms with Crippen LogP contribution >= 0.6 is 15.9 Å². The van der Waals surface area contributed by atoms with Crippen molar-refractivity contribution in [2.75, 3.05) is 31.2 Å². The van der Waals surface area contributed by atoms with Crippen molar-refractivity contribution in [3.8, 4) is 0 Å². The third-order valence-corrected chi connectivity index (χ3v) is 8.86. The van der Waals surface area contributed by atoms with Gasteiger partial charge in [-0.05, 0) is 49.1 Å². The molecule has 3 aliphatic heterocycles. The van der Waals surface area contributed by atoms with Crippen molar-refractivity contribution in [2.45, 2.75) is 48.8 Å². The fourth-order valence-corrected chi connectivity index (χ4v) is 7.44. The Balaban J connectivity index is 1.57. The standard InChI is InChI=1S/C29H33BrN2O6/c1-3-13-31(20-12-11-18-9-5-6-10-19(18)16-20)27(35)25-29-17-21(30)24(38-29)22(28(36)37-4-2)23(29)26(34)32(25)14-7-8-15-33/h3,5-6,9-12,16,21-25,33H,1,4,7-8,13-15,17H2,2H3/t21?,22-,23+,24-,25?,29?/m1/s1. The Bertz CT molecular complexity index is 1250. The molecule has 2 aromatic carbocycles. The number of amides is 2. The second-order valence-electron chi connectivity index (χ2n) is 10.1. The van der Waals surface area contributed by atoms with Crippen LogP contribution in [0, 0.1) is 11.8 Å². The Kier molecular flexibility index (Phi) is 7.62. The highest BCUT2D eigenvalue weighted by molar-refractivity contribution is 9.09. The lowest BCUT2D eigenvalue weighted by Crippen LogP contribution is -2.57. The van der Waals surface area contributed by atoms with Gasteiger partial charge in [0.25, 0.3) is 5.91 Å². The largest absolute Gasteiger partial charge is 0.466 e. The summed E-state index contributed by atoms with van der Waals surface area (Å²) in [6.45, 7) is 6.31. The van der Waals surface area contributed by atoms with Gasteiger partial charge in [-0.25, -0.2) is 0 Å². The van der Waals surface area contributed by atoms with E-state index in [-0.39, 0.29) is 42.9 Å². The average Bonchev–Trinajstić information content (AvgIpc) is 3.50. The van der Waals surface area contributed by atoms with E-state index in [1.54, 1.807) is 22.8 Å². The van der Waals surface area contributed by atoms with Crippen LogP contribution in [0.15, 0.2) is 55.1 Å². The van der Waals surface area contributed by atoms with E-state index in [0.29, 0.717) is 24.9 Å². The number of benzene rings is 2. The highest BCUT2D eigenvalue weighted by Crippen LogP contribution is 2.60. The Morgan fingerprint density at radius 1 is 1.26 bits per heavy atom. The molecule has 2 bridgehead atoms. The summed E-state index contributed by atoms with van der Waals surface area (Å²) in [6, 6.07) is 12.8. The summed E-state index contributed by atoms with van der Waals surface area (Å²) in [7, 11) is 0. The lowest BCUT2D eigenvalue weighted by molar-refractivity contribution is -0.154. The average molecular weight is 585 g/mol. The van der Waals surface area contributed by atoms with Crippen LogP contribution in [-0.4, -0.2) is 76.7 Å². The maximum absolute atomic E-state index is 14.5. The monoisotopic (exact) mass is 584 g/mol. The quantitative estimate of drug-likeness (QED) is 0.199. The van der Waals surface area contributed by atoms with E-state index >= 15 is 0 Å².